The number of carbonyl (C=O) groups excluding carboxylic acids is 1. The summed E-state index contributed by atoms with van der Waals surface area (Å²) < 4.78 is 5.61. The van der Waals surface area contributed by atoms with Crippen molar-refractivity contribution in [3.8, 4) is 5.75 Å². The molecule has 0 spiro atoms. The van der Waals surface area contributed by atoms with Crippen LogP contribution in [-0.2, 0) is 6.61 Å². The van der Waals surface area contributed by atoms with Gasteiger partial charge < -0.3 is 10.5 Å². The molecular formula is C15H14ClNO2. The summed E-state index contributed by atoms with van der Waals surface area (Å²) in [4.78, 5) is 11.3. The van der Waals surface area contributed by atoms with Crippen molar-refractivity contribution in [2.45, 2.75) is 13.5 Å². The second-order valence-electron chi connectivity index (χ2n) is 4.23. The van der Waals surface area contributed by atoms with Gasteiger partial charge in [0.15, 0.2) is 5.78 Å². The summed E-state index contributed by atoms with van der Waals surface area (Å²) >= 11 is 6.01. The molecule has 0 radical (unpaired) electrons. The molecule has 0 aromatic heterocycles. The van der Waals surface area contributed by atoms with Crippen LogP contribution < -0.4 is 10.5 Å². The summed E-state index contributed by atoms with van der Waals surface area (Å²) in [6, 6.07) is 12.5. The van der Waals surface area contributed by atoms with E-state index in [1.165, 1.54) is 6.92 Å². The Labute approximate surface area is 117 Å². The second-order valence-corrected chi connectivity index (χ2v) is 4.64. The van der Waals surface area contributed by atoms with E-state index in [2.05, 4.69) is 0 Å². The fourth-order valence-corrected chi connectivity index (χ4v) is 2.02. The van der Waals surface area contributed by atoms with Gasteiger partial charge in [-0.3, -0.25) is 4.79 Å². The minimum Gasteiger partial charge on any atom is -0.489 e. The Morgan fingerprint density at radius 1 is 1.26 bits per heavy atom. The first-order valence-electron chi connectivity index (χ1n) is 5.84. The van der Waals surface area contributed by atoms with Gasteiger partial charge in [-0.1, -0.05) is 23.7 Å². The molecule has 0 atom stereocenters. The molecule has 0 amide bonds. The first-order valence-corrected chi connectivity index (χ1v) is 6.22. The van der Waals surface area contributed by atoms with E-state index in [1.54, 1.807) is 18.2 Å². The van der Waals surface area contributed by atoms with Crippen LogP contribution >= 0.6 is 11.6 Å². The van der Waals surface area contributed by atoms with E-state index in [1.807, 2.05) is 24.3 Å². The third-order valence-electron chi connectivity index (χ3n) is 2.68. The van der Waals surface area contributed by atoms with Gasteiger partial charge in [-0.25, -0.2) is 0 Å². The van der Waals surface area contributed by atoms with Gasteiger partial charge in [0.05, 0.1) is 5.02 Å². The lowest BCUT2D eigenvalue weighted by Gasteiger charge is -2.08. The average Bonchev–Trinajstić information content (AvgIpc) is 2.36. The molecule has 0 aliphatic rings. The zero-order valence-corrected chi connectivity index (χ0v) is 11.3. The highest BCUT2D eigenvalue weighted by Crippen LogP contribution is 2.23. The van der Waals surface area contributed by atoms with Crippen molar-refractivity contribution in [2.24, 2.45) is 0 Å². The van der Waals surface area contributed by atoms with Crippen molar-refractivity contribution >= 4 is 23.1 Å². The van der Waals surface area contributed by atoms with Crippen LogP contribution in [0.15, 0.2) is 42.5 Å². The molecule has 2 aromatic rings. The smallest absolute Gasteiger partial charge is 0.161 e. The number of anilines is 1. The van der Waals surface area contributed by atoms with Gasteiger partial charge in [0.1, 0.15) is 12.4 Å². The van der Waals surface area contributed by atoms with Crippen LogP contribution in [0.2, 0.25) is 5.02 Å². The summed E-state index contributed by atoms with van der Waals surface area (Å²) in [6.07, 6.45) is 0. The zero-order valence-electron chi connectivity index (χ0n) is 10.5. The van der Waals surface area contributed by atoms with Gasteiger partial charge in [-0.15, -0.1) is 0 Å². The first-order chi connectivity index (χ1) is 9.06. The summed E-state index contributed by atoms with van der Waals surface area (Å²) in [6.45, 7) is 1.88. The molecule has 0 saturated heterocycles. The van der Waals surface area contributed by atoms with Crippen LogP contribution in [0, 0.1) is 0 Å². The SMILES string of the molecule is CC(=O)c1ccc(OCc2cccc(N)c2)cc1Cl. The Kier molecular flexibility index (Phi) is 4.07. The summed E-state index contributed by atoms with van der Waals surface area (Å²) in [5, 5.41) is 0.401. The normalized spacial score (nSPS) is 10.2. The quantitative estimate of drug-likeness (QED) is 0.684. The van der Waals surface area contributed by atoms with Crippen molar-refractivity contribution in [1.29, 1.82) is 0 Å². The first kappa shape index (κ1) is 13.4. The number of carbonyl (C=O) groups is 1. The van der Waals surface area contributed by atoms with Crippen LogP contribution in [0.1, 0.15) is 22.8 Å². The van der Waals surface area contributed by atoms with E-state index >= 15 is 0 Å². The molecule has 0 unspecified atom stereocenters. The highest BCUT2D eigenvalue weighted by molar-refractivity contribution is 6.34. The number of nitrogen functional groups attached to an aromatic ring is 1. The van der Waals surface area contributed by atoms with Crippen LogP contribution in [0.3, 0.4) is 0 Å². The maximum Gasteiger partial charge on any atom is 0.161 e. The summed E-state index contributed by atoms with van der Waals surface area (Å²) in [7, 11) is 0. The van der Waals surface area contributed by atoms with Gasteiger partial charge in [-0.05, 0) is 42.8 Å². The number of rotatable bonds is 4. The van der Waals surface area contributed by atoms with Crippen molar-refractivity contribution in [1.82, 2.24) is 0 Å². The Morgan fingerprint density at radius 2 is 2.05 bits per heavy atom. The molecule has 98 valence electrons. The Hall–Kier alpha value is -2.00. The van der Waals surface area contributed by atoms with Gasteiger partial charge in [0, 0.05) is 11.3 Å². The van der Waals surface area contributed by atoms with E-state index < -0.39 is 0 Å². The second kappa shape index (κ2) is 5.76. The van der Waals surface area contributed by atoms with Crippen LogP contribution in [0.4, 0.5) is 5.69 Å². The zero-order chi connectivity index (χ0) is 13.8. The van der Waals surface area contributed by atoms with E-state index in [-0.39, 0.29) is 5.78 Å². The maximum atomic E-state index is 11.3. The molecule has 2 N–H and O–H groups in total. The third kappa shape index (κ3) is 3.48. The summed E-state index contributed by atoms with van der Waals surface area (Å²) in [5.74, 6) is 0.560. The number of ketones is 1. The number of hydrogen-bond donors (Lipinski definition) is 1. The molecule has 0 heterocycles. The molecule has 0 aliphatic heterocycles. The van der Waals surface area contributed by atoms with Gasteiger partial charge in [0.2, 0.25) is 0 Å². The highest BCUT2D eigenvalue weighted by Gasteiger charge is 2.06. The lowest BCUT2D eigenvalue weighted by atomic mass is 10.1. The Morgan fingerprint density at radius 3 is 2.68 bits per heavy atom. The molecule has 0 fully saturated rings. The van der Waals surface area contributed by atoms with Gasteiger partial charge in [-0.2, -0.15) is 0 Å². The predicted octanol–water partition coefficient (Wildman–Crippen LogP) is 3.70. The van der Waals surface area contributed by atoms with Crippen molar-refractivity contribution in [2.75, 3.05) is 5.73 Å². The fourth-order valence-electron chi connectivity index (χ4n) is 1.72. The number of benzene rings is 2. The third-order valence-corrected chi connectivity index (χ3v) is 2.99. The predicted molar refractivity (Wildman–Crippen MR) is 76.6 cm³/mol. The van der Waals surface area contributed by atoms with E-state index in [0.29, 0.717) is 28.6 Å². The molecule has 19 heavy (non-hydrogen) atoms. The van der Waals surface area contributed by atoms with E-state index in [9.17, 15) is 4.79 Å². The van der Waals surface area contributed by atoms with Gasteiger partial charge >= 0.3 is 0 Å². The number of ether oxygens (including phenoxy) is 1. The molecule has 3 nitrogen and oxygen atoms in total. The summed E-state index contributed by atoms with van der Waals surface area (Å²) in [5.41, 5.74) is 7.87. The molecule has 2 rings (SSSR count). The highest BCUT2D eigenvalue weighted by atomic mass is 35.5. The lowest BCUT2D eigenvalue weighted by molar-refractivity contribution is 0.101. The maximum absolute atomic E-state index is 11.3. The standard InChI is InChI=1S/C15H14ClNO2/c1-10(18)14-6-5-13(8-15(14)16)19-9-11-3-2-4-12(17)7-11/h2-8H,9,17H2,1H3. The monoisotopic (exact) mass is 275 g/mol. The minimum absolute atomic E-state index is 0.0626. The number of halogens is 1. The van der Waals surface area contributed by atoms with Crippen LogP contribution in [-0.4, -0.2) is 5.78 Å². The molecule has 4 heteroatoms. The number of nitrogens with two attached hydrogens (primary N) is 1. The van der Waals surface area contributed by atoms with Crippen LogP contribution in [0.25, 0.3) is 0 Å². The Balaban J connectivity index is 2.08. The molecule has 0 saturated carbocycles. The Bertz CT molecular complexity index is 611. The molecular weight excluding hydrogens is 262 g/mol. The molecule has 2 aromatic carbocycles. The molecule has 0 bridgehead atoms. The average molecular weight is 276 g/mol. The van der Waals surface area contributed by atoms with E-state index in [0.717, 1.165) is 5.56 Å². The number of Topliss-reactive ketones (excluding diaryl/α,β-unsaturated/α-hetero) is 1. The minimum atomic E-state index is -0.0626. The van der Waals surface area contributed by atoms with Crippen molar-refractivity contribution in [3.05, 3.63) is 58.6 Å². The molecule has 0 aliphatic carbocycles. The number of hydrogen-bond acceptors (Lipinski definition) is 3. The van der Waals surface area contributed by atoms with Gasteiger partial charge in [0.25, 0.3) is 0 Å². The van der Waals surface area contributed by atoms with Crippen LogP contribution in [0.5, 0.6) is 5.75 Å². The van der Waals surface area contributed by atoms with E-state index in [4.69, 9.17) is 22.1 Å². The largest absolute Gasteiger partial charge is 0.489 e. The van der Waals surface area contributed by atoms with Crippen molar-refractivity contribution < 1.29 is 9.53 Å². The lowest BCUT2D eigenvalue weighted by Crippen LogP contribution is -1.98. The fraction of sp³-hybridized carbons (Fsp3) is 0.133. The van der Waals surface area contributed by atoms with Crippen molar-refractivity contribution in [3.63, 3.8) is 0 Å². The topological polar surface area (TPSA) is 52.3 Å².